The van der Waals surface area contributed by atoms with Crippen LogP contribution in [0, 0.1) is 12.8 Å². The van der Waals surface area contributed by atoms with Crippen LogP contribution in [-0.4, -0.2) is 54.3 Å². The molecule has 1 N–H and O–H groups in total. The minimum absolute atomic E-state index is 0.0301. The Hall–Kier alpha value is -2.18. The van der Waals surface area contributed by atoms with Crippen molar-refractivity contribution in [3.63, 3.8) is 0 Å². The number of thiophene rings is 1. The molecular formula is C24H33N3O2S. The summed E-state index contributed by atoms with van der Waals surface area (Å²) in [7, 11) is 0. The maximum absolute atomic E-state index is 12.9. The molecule has 0 radical (unpaired) electrons. The Bertz CT molecular complexity index is 807. The lowest BCUT2D eigenvalue weighted by Crippen LogP contribution is -2.45. The fourth-order valence-corrected chi connectivity index (χ4v) is 4.88. The molecule has 5 nitrogen and oxygen atoms in total. The third-order valence-electron chi connectivity index (χ3n) is 5.92. The van der Waals surface area contributed by atoms with Gasteiger partial charge in [0.1, 0.15) is 0 Å². The van der Waals surface area contributed by atoms with E-state index in [1.54, 1.807) is 11.3 Å². The summed E-state index contributed by atoms with van der Waals surface area (Å²) >= 11 is 1.66. The fourth-order valence-electron chi connectivity index (χ4n) is 4.07. The van der Waals surface area contributed by atoms with E-state index in [0.717, 1.165) is 49.5 Å². The number of hydrogen-bond donors (Lipinski definition) is 1. The van der Waals surface area contributed by atoms with Gasteiger partial charge in [0.25, 0.3) is 0 Å². The fraction of sp³-hybridized carbons (Fsp3) is 0.500. The van der Waals surface area contributed by atoms with E-state index >= 15 is 0 Å². The van der Waals surface area contributed by atoms with Gasteiger partial charge < -0.3 is 10.2 Å². The molecule has 0 saturated carbocycles. The van der Waals surface area contributed by atoms with Crippen LogP contribution in [0.15, 0.2) is 41.8 Å². The lowest BCUT2D eigenvalue weighted by Gasteiger charge is -2.33. The monoisotopic (exact) mass is 427 g/mol. The maximum atomic E-state index is 12.9. The number of likely N-dealkylation sites (tertiary alicyclic amines) is 1. The first-order chi connectivity index (χ1) is 14.5. The molecule has 2 amide bonds. The van der Waals surface area contributed by atoms with Gasteiger partial charge >= 0.3 is 0 Å². The van der Waals surface area contributed by atoms with E-state index in [9.17, 15) is 9.59 Å². The number of carbonyl (C=O) groups is 2. The van der Waals surface area contributed by atoms with Crippen molar-refractivity contribution >= 4 is 23.2 Å². The summed E-state index contributed by atoms with van der Waals surface area (Å²) in [5.41, 5.74) is 2.30. The normalized spacial score (nSPS) is 16.2. The van der Waals surface area contributed by atoms with Gasteiger partial charge in [0.2, 0.25) is 11.8 Å². The van der Waals surface area contributed by atoms with Crippen LogP contribution in [0.4, 0.5) is 0 Å². The predicted molar refractivity (Wildman–Crippen MR) is 123 cm³/mol. The highest BCUT2D eigenvalue weighted by molar-refractivity contribution is 7.10. The Morgan fingerprint density at radius 3 is 2.37 bits per heavy atom. The number of piperidine rings is 1. The number of amides is 2. The van der Waals surface area contributed by atoms with Crippen molar-refractivity contribution in [1.82, 2.24) is 15.1 Å². The minimum atomic E-state index is -0.125. The second-order valence-electron chi connectivity index (χ2n) is 7.99. The lowest BCUT2D eigenvalue weighted by molar-refractivity contribution is -0.136. The zero-order chi connectivity index (χ0) is 21.5. The average Bonchev–Trinajstić information content (AvgIpc) is 3.29. The highest BCUT2D eigenvalue weighted by Crippen LogP contribution is 2.26. The van der Waals surface area contributed by atoms with Crippen LogP contribution in [-0.2, 0) is 9.59 Å². The van der Waals surface area contributed by atoms with Crippen molar-refractivity contribution < 1.29 is 9.59 Å². The lowest BCUT2D eigenvalue weighted by atomic mass is 9.95. The first-order valence-corrected chi connectivity index (χ1v) is 11.8. The number of benzene rings is 1. The van der Waals surface area contributed by atoms with E-state index in [2.05, 4.69) is 47.5 Å². The SMILES string of the molecule is CCN(CC)C(=O)C1CCN(CC(=O)NC(c2ccc(C)cc2)c2cccs2)CC1. The summed E-state index contributed by atoms with van der Waals surface area (Å²) in [4.78, 5) is 30.6. The van der Waals surface area contributed by atoms with E-state index in [0.29, 0.717) is 6.54 Å². The number of carbonyl (C=O) groups excluding carboxylic acids is 2. The van der Waals surface area contributed by atoms with Crippen molar-refractivity contribution in [1.29, 1.82) is 0 Å². The Kier molecular flexibility index (Phi) is 8.05. The van der Waals surface area contributed by atoms with Crippen LogP contribution in [0.5, 0.6) is 0 Å². The molecule has 1 aliphatic heterocycles. The van der Waals surface area contributed by atoms with Gasteiger partial charge in [0.05, 0.1) is 12.6 Å². The standard InChI is InChI=1S/C24H33N3O2S/c1-4-27(5-2)24(29)20-12-14-26(15-13-20)17-22(28)25-23(21-7-6-16-30-21)19-10-8-18(3)9-11-19/h6-11,16,20,23H,4-5,12-15,17H2,1-3H3,(H,25,28). The molecule has 0 aliphatic carbocycles. The quantitative estimate of drug-likeness (QED) is 0.696. The molecule has 2 aromatic rings. The second kappa shape index (κ2) is 10.7. The third kappa shape index (κ3) is 5.70. The Morgan fingerprint density at radius 2 is 1.80 bits per heavy atom. The largest absolute Gasteiger partial charge is 0.343 e. The van der Waals surface area contributed by atoms with E-state index in [1.165, 1.54) is 5.56 Å². The summed E-state index contributed by atoms with van der Waals surface area (Å²) in [5, 5.41) is 5.27. The molecule has 162 valence electrons. The van der Waals surface area contributed by atoms with Crippen LogP contribution in [0.2, 0.25) is 0 Å². The summed E-state index contributed by atoms with van der Waals surface area (Å²) in [6, 6.07) is 12.3. The molecule has 2 heterocycles. The van der Waals surface area contributed by atoms with Crippen molar-refractivity contribution in [2.45, 2.75) is 39.7 Å². The van der Waals surface area contributed by atoms with Crippen molar-refractivity contribution in [2.75, 3.05) is 32.7 Å². The second-order valence-corrected chi connectivity index (χ2v) is 8.97. The Balaban J connectivity index is 1.56. The van der Waals surface area contributed by atoms with Crippen LogP contribution in [0.1, 0.15) is 48.7 Å². The summed E-state index contributed by atoms with van der Waals surface area (Å²) in [5.74, 6) is 0.388. The molecule has 30 heavy (non-hydrogen) atoms. The zero-order valence-corrected chi connectivity index (χ0v) is 19.1. The van der Waals surface area contributed by atoms with Crippen LogP contribution < -0.4 is 5.32 Å². The van der Waals surface area contributed by atoms with E-state index in [1.807, 2.05) is 30.2 Å². The van der Waals surface area contributed by atoms with Gasteiger partial charge in [-0.15, -0.1) is 11.3 Å². The summed E-state index contributed by atoms with van der Waals surface area (Å²) in [6.07, 6.45) is 1.66. The smallest absolute Gasteiger partial charge is 0.234 e. The molecule has 1 fully saturated rings. The molecule has 3 rings (SSSR count). The van der Waals surface area contributed by atoms with Crippen molar-refractivity contribution in [3.05, 3.63) is 57.8 Å². The van der Waals surface area contributed by atoms with E-state index in [-0.39, 0.29) is 23.8 Å². The summed E-state index contributed by atoms with van der Waals surface area (Å²) < 4.78 is 0. The molecule has 1 aromatic heterocycles. The third-order valence-corrected chi connectivity index (χ3v) is 6.86. The van der Waals surface area contributed by atoms with Gasteiger partial charge in [-0.3, -0.25) is 14.5 Å². The number of nitrogens with one attached hydrogen (secondary N) is 1. The highest BCUT2D eigenvalue weighted by atomic mass is 32.1. The topological polar surface area (TPSA) is 52.7 Å². The molecule has 6 heteroatoms. The zero-order valence-electron chi connectivity index (χ0n) is 18.3. The van der Waals surface area contributed by atoms with Gasteiger partial charge in [0, 0.05) is 23.9 Å². The van der Waals surface area contributed by atoms with E-state index in [4.69, 9.17) is 0 Å². The number of nitrogens with zero attached hydrogens (tertiary/aromatic N) is 2. The minimum Gasteiger partial charge on any atom is -0.343 e. The summed E-state index contributed by atoms with van der Waals surface area (Å²) in [6.45, 7) is 9.61. The van der Waals surface area contributed by atoms with Crippen LogP contribution >= 0.6 is 11.3 Å². The molecule has 1 saturated heterocycles. The van der Waals surface area contributed by atoms with Crippen molar-refractivity contribution in [3.8, 4) is 0 Å². The molecular weight excluding hydrogens is 394 g/mol. The first kappa shape index (κ1) is 22.5. The number of hydrogen-bond acceptors (Lipinski definition) is 4. The van der Waals surface area contributed by atoms with Gasteiger partial charge in [-0.2, -0.15) is 0 Å². The number of aryl methyl sites for hydroxylation is 1. The first-order valence-electron chi connectivity index (χ1n) is 10.9. The van der Waals surface area contributed by atoms with Crippen molar-refractivity contribution in [2.24, 2.45) is 5.92 Å². The Morgan fingerprint density at radius 1 is 1.13 bits per heavy atom. The molecule has 1 aromatic carbocycles. The predicted octanol–water partition coefficient (Wildman–Crippen LogP) is 3.84. The highest BCUT2D eigenvalue weighted by Gasteiger charge is 2.28. The molecule has 0 bridgehead atoms. The molecule has 0 spiro atoms. The Labute approximate surface area is 184 Å². The molecule has 1 aliphatic rings. The van der Waals surface area contributed by atoms with Crippen LogP contribution in [0.25, 0.3) is 0 Å². The van der Waals surface area contributed by atoms with Gasteiger partial charge in [-0.25, -0.2) is 0 Å². The van der Waals surface area contributed by atoms with Crippen LogP contribution in [0.3, 0.4) is 0 Å². The average molecular weight is 428 g/mol. The van der Waals surface area contributed by atoms with Gasteiger partial charge in [-0.1, -0.05) is 35.9 Å². The molecule has 1 atom stereocenters. The van der Waals surface area contributed by atoms with E-state index < -0.39 is 0 Å². The maximum Gasteiger partial charge on any atom is 0.234 e. The number of rotatable bonds is 8. The molecule has 1 unspecified atom stereocenters. The van der Waals surface area contributed by atoms with Gasteiger partial charge in [0.15, 0.2) is 0 Å². The van der Waals surface area contributed by atoms with Gasteiger partial charge in [-0.05, 0) is 63.7 Å².